The Balaban J connectivity index is 1.60. The summed E-state index contributed by atoms with van der Waals surface area (Å²) in [6, 6.07) is 13.6. The number of para-hydroxylation sites is 1. The van der Waals surface area contributed by atoms with Crippen molar-refractivity contribution in [2.45, 2.75) is 46.1 Å². The number of aryl methyl sites for hydroxylation is 1. The van der Waals surface area contributed by atoms with E-state index in [4.69, 9.17) is 4.74 Å². The Labute approximate surface area is 186 Å². The fraction of sp³-hybridized carbons (Fsp3) is 0.520. The number of benzene rings is 1. The molecule has 31 heavy (non-hydrogen) atoms. The summed E-state index contributed by atoms with van der Waals surface area (Å²) in [6.45, 7) is 12.6. The number of amides is 2. The van der Waals surface area contributed by atoms with Crippen molar-refractivity contribution in [3.63, 3.8) is 0 Å². The van der Waals surface area contributed by atoms with Crippen LogP contribution in [0.25, 0.3) is 0 Å². The van der Waals surface area contributed by atoms with Gasteiger partial charge in [0.2, 0.25) is 0 Å². The van der Waals surface area contributed by atoms with Crippen LogP contribution in [-0.2, 0) is 10.3 Å². The molecule has 1 aliphatic rings. The number of anilines is 1. The lowest BCUT2D eigenvalue weighted by molar-refractivity contribution is 0.0388. The Morgan fingerprint density at radius 3 is 2.68 bits per heavy atom. The first-order valence-corrected chi connectivity index (χ1v) is 11.2. The average Bonchev–Trinajstić information content (AvgIpc) is 3.19. The van der Waals surface area contributed by atoms with E-state index < -0.39 is 0 Å². The molecule has 0 saturated carbocycles. The molecule has 1 aromatic carbocycles. The van der Waals surface area contributed by atoms with Crippen molar-refractivity contribution in [2.24, 2.45) is 5.41 Å². The minimum absolute atomic E-state index is 0.0332. The first-order valence-electron chi connectivity index (χ1n) is 11.2. The number of ether oxygens (including phenoxy) is 1. The standard InChI is InChI=1S/C25H36N4O2/c1-5-31-19-25(13-15-26-23(30)28-22-9-7-6-8-10-22)14-16-29(18-25)24(3,4)21-12-11-20(2)27-17-21/h6-12,17H,5,13-16,18-19H2,1-4H3,(H2,26,28,30)/t25-/m1/s1. The minimum Gasteiger partial charge on any atom is -0.381 e. The first-order chi connectivity index (χ1) is 14.8. The van der Waals surface area contributed by atoms with Gasteiger partial charge < -0.3 is 15.4 Å². The van der Waals surface area contributed by atoms with Crippen LogP contribution < -0.4 is 10.6 Å². The minimum atomic E-state index is -0.168. The number of hydrogen-bond donors (Lipinski definition) is 2. The molecule has 1 aromatic heterocycles. The number of nitrogens with one attached hydrogen (secondary N) is 2. The van der Waals surface area contributed by atoms with Gasteiger partial charge in [-0.25, -0.2) is 4.79 Å². The molecule has 2 N–H and O–H groups in total. The van der Waals surface area contributed by atoms with Gasteiger partial charge in [-0.3, -0.25) is 9.88 Å². The molecule has 0 unspecified atom stereocenters. The van der Waals surface area contributed by atoms with Crippen LogP contribution in [0.2, 0.25) is 0 Å². The molecule has 1 aliphatic heterocycles. The second-order valence-electron chi connectivity index (χ2n) is 9.05. The molecule has 0 radical (unpaired) electrons. The third-order valence-electron chi connectivity index (χ3n) is 6.43. The van der Waals surface area contributed by atoms with Gasteiger partial charge in [0.1, 0.15) is 0 Å². The molecule has 1 saturated heterocycles. The predicted octanol–water partition coefficient (Wildman–Crippen LogP) is 4.57. The van der Waals surface area contributed by atoms with Gasteiger partial charge in [-0.15, -0.1) is 0 Å². The summed E-state index contributed by atoms with van der Waals surface area (Å²) in [6.07, 6.45) is 3.93. The molecule has 0 bridgehead atoms. The zero-order valence-corrected chi connectivity index (χ0v) is 19.3. The molecule has 0 aliphatic carbocycles. The Hall–Kier alpha value is -2.44. The summed E-state index contributed by atoms with van der Waals surface area (Å²) in [4.78, 5) is 19.3. The zero-order chi connectivity index (χ0) is 22.3. The number of likely N-dealkylation sites (tertiary alicyclic amines) is 1. The largest absolute Gasteiger partial charge is 0.381 e. The van der Waals surface area contributed by atoms with Gasteiger partial charge in [0.15, 0.2) is 0 Å². The summed E-state index contributed by atoms with van der Waals surface area (Å²) >= 11 is 0. The van der Waals surface area contributed by atoms with Crippen molar-refractivity contribution < 1.29 is 9.53 Å². The van der Waals surface area contributed by atoms with Crippen molar-refractivity contribution in [2.75, 3.05) is 38.2 Å². The Morgan fingerprint density at radius 1 is 1.23 bits per heavy atom. The van der Waals surface area contributed by atoms with E-state index in [1.807, 2.05) is 50.4 Å². The second kappa shape index (κ2) is 10.2. The molecule has 3 rings (SSSR count). The van der Waals surface area contributed by atoms with E-state index in [9.17, 15) is 4.79 Å². The zero-order valence-electron chi connectivity index (χ0n) is 19.3. The van der Waals surface area contributed by atoms with Crippen molar-refractivity contribution in [3.05, 3.63) is 59.9 Å². The van der Waals surface area contributed by atoms with Crippen molar-refractivity contribution in [3.8, 4) is 0 Å². The fourth-order valence-electron chi connectivity index (χ4n) is 4.28. The van der Waals surface area contributed by atoms with Gasteiger partial charge in [0, 0.05) is 48.2 Å². The molecular weight excluding hydrogens is 388 g/mol. The molecule has 6 heteroatoms. The third-order valence-corrected chi connectivity index (χ3v) is 6.43. The molecule has 1 atom stereocenters. The van der Waals surface area contributed by atoms with Gasteiger partial charge in [-0.2, -0.15) is 0 Å². The number of nitrogens with zero attached hydrogens (tertiary/aromatic N) is 2. The molecule has 2 heterocycles. The number of urea groups is 1. The maximum atomic E-state index is 12.3. The van der Waals surface area contributed by atoms with Gasteiger partial charge in [0.25, 0.3) is 0 Å². The number of carbonyl (C=O) groups is 1. The van der Waals surface area contributed by atoms with E-state index in [1.54, 1.807) is 0 Å². The summed E-state index contributed by atoms with van der Waals surface area (Å²) in [5.74, 6) is 0. The van der Waals surface area contributed by atoms with E-state index in [-0.39, 0.29) is 17.0 Å². The molecule has 0 spiro atoms. The topological polar surface area (TPSA) is 66.5 Å². The van der Waals surface area contributed by atoms with Crippen molar-refractivity contribution >= 4 is 11.7 Å². The van der Waals surface area contributed by atoms with Crippen LogP contribution in [0.15, 0.2) is 48.7 Å². The predicted molar refractivity (Wildman–Crippen MR) is 125 cm³/mol. The Bertz CT molecular complexity index is 838. The van der Waals surface area contributed by atoms with Gasteiger partial charge in [-0.05, 0) is 70.8 Å². The van der Waals surface area contributed by atoms with Crippen LogP contribution >= 0.6 is 0 Å². The lowest BCUT2D eigenvalue weighted by Gasteiger charge is -2.38. The lowest BCUT2D eigenvalue weighted by atomic mass is 9.84. The highest BCUT2D eigenvalue weighted by Crippen LogP contribution is 2.40. The maximum Gasteiger partial charge on any atom is 0.319 e. The number of rotatable bonds is 9. The summed E-state index contributed by atoms with van der Waals surface area (Å²) in [7, 11) is 0. The first kappa shape index (κ1) is 23.2. The van der Waals surface area contributed by atoms with Crippen LogP contribution in [0.5, 0.6) is 0 Å². The van der Waals surface area contributed by atoms with Crippen LogP contribution in [0.4, 0.5) is 10.5 Å². The monoisotopic (exact) mass is 424 g/mol. The number of hydrogen-bond acceptors (Lipinski definition) is 4. The molecule has 2 amide bonds. The maximum absolute atomic E-state index is 12.3. The highest BCUT2D eigenvalue weighted by Gasteiger charge is 2.43. The highest BCUT2D eigenvalue weighted by molar-refractivity contribution is 5.89. The van der Waals surface area contributed by atoms with Gasteiger partial charge in [0.05, 0.1) is 6.61 Å². The number of carbonyl (C=O) groups excluding carboxylic acids is 1. The highest BCUT2D eigenvalue weighted by atomic mass is 16.5. The van der Waals surface area contributed by atoms with Gasteiger partial charge >= 0.3 is 6.03 Å². The molecule has 168 valence electrons. The van der Waals surface area contributed by atoms with Crippen LogP contribution in [0, 0.1) is 12.3 Å². The van der Waals surface area contributed by atoms with E-state index in [2.05, 4.69) is 46.5 Å². The summed E-state index contributed by atoms with van der Waals surface area (Å²) in [5.41, 5.74) is 2.99. The SMILES string of the molecule is CCOC[C@]1(CCNC(=O)Nc2ccccc2)CCN(C(C)(C)c2ccc(C)nc2)C1. The normalized spacial score (nSPS) is 19.4. The van der Waals surface area contributed by atoms with Crippen molar-refractivity contribution in [1.82, 2.24) is 15.2 Å². The number of aromatic nitrogens is 1. The molecule has 2 aromatic rings. The smallest absolute Gasteiger partial charge is 0.319 e. The Morgan fingerprint density at radius 2 is 2.00 bits per heavy atom. The number of pyridine rings is 1. The van der Waals surface area contributed by atoms with E-state index in [1.165, 1.54) is 5.56 Å². The summed E-state index contributed by atoms with van der Waals surface area (Å²) < 4.78 is 5.89. The molecule has 6 nitrogen and oxygen atoms in total. The van der Waals surface area contributed by atoms with Gasteiger partial charge in [-0.1, -0.05) is 24.3 Å². The fourth-order valence-corrected chi connectivity index (χ4v) is 4.28. The average molecular weight is 425 g/mol. The van der Waals surface area contributed by atoms with Crippen LogP contribution in [-0.4, -0.2) is 48.8 Å². The van der Waals surface area contributed by atoms with E-state index >= 15 is 0 Å². The van der Waals surface area contributed by atoms with E-state index in [0.29, 0.717) is 19.8 Å². The Kier molecular flexibility index (Phi) is 7.68. The molecular formula is C25H36N4O2. The third kappa shape index (κ3) is 6.05. The quantitative estimate of drug-likeness (QED) is 0.619. The van der Waals surface area contributed by atoms with Crippen LogP contribution in [0.3, 0.4) is 0 Å². The molecule has 1 fully saturated rings. The summed E-state index contributed by atoms with van der Waals surface area (Å²) in [5, 5.41) is 5.90. The van der Waals surface area contributed by atoms with Crippen LogP contribution in [0.1, 0.15) is 44.9 Å². The second-order valence-corrected chi connectivity index (χ2v) is 9.05. The van der Waals surface area contributed by atoms with E-state index in [0.717, 1.165) is 37.3 Å². The lowest BCUT2D eigenvalue weighted by Crippen LogP contribution is -2.43. The van der Waals surface area contributed by atoms with Crippen molar-refractivity contribution in [1.29, 1.82) is 0 Å².